The maximum atomic E-state index is 12.4. The molecule has 0 bridgehead atoms. The third kappa shape index (κ3) is 45.6. The van der Waals surface area contributed by atoms with Crippen LogP contribution < -0.4 is 5.32 Å². The van der Waals surface area contributed by atoms with Gasteiger partial charge in [-0.15, -0.1) is 0 Å². The number of carbonyl (C=O) groups is 2. The second-order valence-corrected chi connectivity index (χ2v) is 17.8. The number of esters is 1. The van der Waals surface area contributed by atoms with Gasteiger partial charge in [0.1, 0.15) is 0 Å². The second kappa shape index (κ2) is 49.7. The molecule has 2 unspecified atom stereocenters. The van der Waals surface area contributed by atoms with Crippen LogP contribution in [0.15, 0.2) is 36.5 Å². The van der Waals surface area contributed by atoms with Crippen LogP contribution in [0.25, 0.3) is 0 Å². The smallest absolute Gasteiger partial charge is 0.305 e. The highest BCUT2D eigenvalue weighted by molar-refractivity contribution is 5.76. The van der Waals surface area contributed by atoms with E-state index in [-0.39, 0.29) is 18.5 Å². The van der Waals surface area contributed by atoms with Crippen LogP contribution in [0, 0.1) is 0 Å². The van der Waals surface area contributed by atoms with Crippen molar-refractivity contribution in [2.45, 2.75) is 283 Å². The van der Waals surface area contributed by atoms with Crippen LogP contribution >= 0.6 is 0 Å². The predicted molar refractivity (Wildman–Crippen MR) is 259 cm³/mol. The summed E-state index contributed by atoms with van der Waals surface area (Å²) in [6, 6.07) is -0.580. The molecule has 0 aliphatic carbocycles. The first kappa shape index (κ1) is 58.1. The maximum absolute atomic E-state index is 12.4. The van der Waals surface area contributed by atoms with Crippen LogP contribution in [0.1, 0.15) is 271 Å². The first-order valence-corrected chi connectivity index (χ1v) is 26.2. The van der Waals surface area contributed by atoms with Crippen LogP contribution in [0.4, 0.5) is 0 Å². The third-order valence-electron chi connectivity index (χ3n) is 11.9. The van der Waals surface area contributed by atoms with Gasteiger partial charge in [0, 0.05) is 12.8 Å². The van der Waals surface area contributed by atoms with Gasteiger partial charge in [-0.05, 0) is 77.0 Å². The first-order chi connectivity index (χ1) is 29.5. The van der Waals surface area contributed by atoms with Gasteiger partial charge in [0.15, 0.2) is 0 Å². The third-order valence-corrected chi connectivity index (χ3v) is 11.9. The molecule has 0 aliphatic rings. The van der Waals surface area contributed by atoms with Gasteiger partial charge in [0.2, 0.25) is 5.91 Å². The van der Waals surface area contributed by atoms with E-state index in [0.29, 0.717) is 25.9 Å². The number of hydrogen-bond acceptors (Lipinski definition) is 5. The van der Waals surface area contributed by atoms with E-state index in [1.807, 2.05) is 0 Å². The minimum absolute atomic E-state index is 0.0435. The number of amides is 1. The molecule has 0 aromatic rings. The Bertz CT molecular complexity index is 977. The molecule has 6 heteroatoms. The van der Waals surface area contributed by atoms with E-state index in [1.54, 1.807) is 0 Å². The molecule has 2 atom stereocenters. The Hall–Kier alpha value is -1.92. The summed E-state index contributed by atoms with van der Waals surface area (Å²) in [5.74, 6) is -0.139. The number of carbonyl (C=O) groups excluding carboxylic acids is 2. The van der Waals surface area contributed by atoms with Crippen molar-refractivity contribution in [2.24, 2.45) is 0 Å². The zero-order valence-electron chi connectivity index (χ0n) is 39.9. The highest BCUT2D eigenvalue weighted by Gasteiger charge is 2.20. The second-order valence-electron chi connectivity index (χ2n) is 17.8. The minimum atomic E-state index is -0.696. The number of aliphatic hydroxyl groups is 2. The Balaban J connectivity index is 3.54. The average molecular weight is 844 g/mol. The average Bonchev–Trinajstić information content (AvgIpc) is 3.25. The van der Waals surface area contributed by atoms with Crippen molar-refractivity contribution in [2.75, 3.05) is 13.2 Å². The van der Waals surface area contributed by atoms with Gasteiger partial charge in [0.25, 0.3) is 0 Å². The predicted octanol–water partition coefficient (Wildman–Crippen LogP) is 15.7. The quantitative estimate of drug-likeness (QED) is 0.0322. The maximum Gasteiger partial charge on any atom is 0.305 e. The Morgan fingerprint density at radius 2 is 0.850 bits per heavy atom. The van der Waals surface area contributed by atoms with E-state index in [2.05, 4.69) is 55.6 Å². The van der Waals surface area contributed by atoms with Crippen molar-refractivity contribution in [1.29, 1.82) is 0 Å². The van der Waals surface area contributed by atoms with Gasteiger partial charge in [0.05, 0.1) is 25.4 Å². The summed E-state index contributed by atoms with van der Waals surface area (Å²) in [6.45, 7) is 4.83. The van der Waals surface area contributed by atoms with Gasteiger partial charge in [-0.25, -0.2) is 0 Å². The van der Waals surface area contributed by atoms with Crippen LogP contribution in [-0.2, 0) is 14.3 Å². The first-order valence-electron chi connectivity index (χ1n) is 26.2. The summed E-state index contributed by atoms with van der Waals surface area (Å²) in [4.78, 5) is 24.5. The summed E-state index contributed by atoms with van der Waals surface area (Å²) in [5, 5.41) is 23.2. The number of unbranched alkanes of at least 4 members (excludes halogenated alkanes) is 31. The van der Waals surface area contributed by atoms with E-state index >= 15 is 0 Å². The summed E-state index contributed by atoms with van der Waals surface area (Å²) in [7, 11) is 0. The molecule has 0 saturated heterocycles. The molecule has 0 aromatic heterocycles. The molecule has 6 nitrogen and oxygen atoms in total. The number of nitrogens with one attached hydrogen (secondary N) is 1. The molecule has 0 rings (SSSR count). The largest absolute Gasteiger partial charge is 0.466 e. The number of ether oxygens (including phenoxy) is 1. The van der Waals surface area contributed by atoms with Gasteiger partial charge in [-0.1, -0.05) is 217 Å². The Morgan fingerprint density at radius 3 is 1.35 bits per heavy atom. The van der Waals surface area contributed by atoms with Crippen LogP contribution in [0.3, 0.4) is 0 Å². The Labute approximate surface area is 373 Å². The molecule has 0 aromatic carbocycles. The van der Waals surface area contributed by atoms with E-state index in [4.69, 9.17) is 4.74 Å². The van der Waals surface area contributed by atoms with Crippen molar-refractivity contribution in [3.63, 3.8) is 0 Å². The lowest BCUT2D eigenvalue weighted by atomic mass is 10.0. The fourth-order valence-electron chi connectivity index (χ4n) is 7.85. The molecule has 0 radical (unpaired) electrons. The van der Waals surface area contributed by atoms with Gasteiger partial charge < -0.3 is 20.3 Å². The summed E-state index contributed by atoms with van der Waals surface area (Å²) in [6.07, 6.45) is 59.8. The van der Waals surface area contributed by atoms with Gasteiger partial charge in [-0.3, -0.25) is 9.59 Å². The molecular formula is C54H101NO5. The van der Waals surface area contributed by atoms with Gasteiger partial charge in [-0.2, -0.15) is 0 Å². The molecule has 0 heterocycles. The van der Waals surface area contributed by atoms with Crippen molar-refractivity contribution >= 4 is 11.9 Å². The summed E-state index contributed by atoms with van der Waals surface area (Å²) < 4.78 is 5.44. The summed E-state index contributed by atoms with van der Waals surface area (Å²) in [5.41, 5.74) is 0. The molecule has 1 amide bonds. The number of rotatable bonds is 48. The van der Waals surface area contributed by atoms with E-state index in [9.17, 15) is 19.8 Å². The van der Waals surface area contributed by atoms with Crippen molar-refractivity contribution in [3.8, 4) is 0 Å². The normalized spacial score (nSPS) is 12.9. The lowest BCUT2D eigenvalue weighted by molar-refractivity contribution is -0.143. The fraction of sp³-hybridized carbons (Fsp3) is 0.852. The van der Waals surface area contributed by atoms with Crippen molar-refractivity contribution in [1.82, 2.24) is 5.32 Å². The lowest BCUT2D eigenvalue weighted by Crippen LogP contribution is -2.45. The Kier molecular flexibility index (Phi) is 48.1. The molecule has 0 spiro atoms. The van der Waals surface area contributed by atoms with E-state index < -0.39 is 12.1 Å². The molecule has 352 valence electrons. The molecule has 0 fully saturated rings. The standard InChI is InChI=1S/C54H101NO5/c1-3-5-7-9-11-13-15-17-19-21-23-25-27-30-34-38-42-46-52(57)51(50-56)55-53(58)47-43-39-35-31-29-33-37-41-45-49-60-54(59)48-44-40-36-32-28-26-24-22-20-18-16-14-12-10-8-6-4-2/h12,14,18,20,31,35,51-52,56-57H,3-11,13,15-17,19,21-30,32-34,36-50H2,1-2H3,(H,55,58)/b14-12-,20-18-,35-31-. The SMILES string of the molecule is CCCCC/C=C\C/C=C\CCCCCCCCCC(=O)OCCCCCC/C=C\CCCC(=O)NC(CO)C(O)CCCCCCCCCCCCCCCCCCC. The van der Waals surface area contributed by atoms with Crippen molar-refractivity contribution in [3.05, 3.63) is 36.5 Å². The topological polar surface area (TPSA) is 95.9 Å². The number of hydrogen-bond donors (Lipinski definition) is 3. The lowest BCUT2D eigenvalue weighted by Gasteiger charge is -2.22. The zero-order valence-corrected chi connectivity index (χ0v) is 39.9. The minimum Gasteiger partial charge on any atom is -0.466 e. The monoisotopic (exact) mass is 844 g/mol. The van der Waals surface area contributed by atoms with E-state index in [1.165, 1.54) is 161 Å². The van der Waals surface area contributed by atoms with Crippen molar-refractivity contribution < 1.29 is 24.5 Å². The molecule has 60 heavy (non-hydrogen) atoms. The number of allylic oxidation sites excluding steroid dienone is 6. The molecule has 3 N–H and O–H groups in total. The van der Waals surface area contributed by atoms with Crippen LogP contribution in [-0.4, -0.2) is 47.4 Å². The molecular weight excluding hydrogens is 743 g/mol. The molecule has 0 saturated carbocycles. The van der Waals surface area contributed by atoms with Gasteiger partial charge >= 0.3 is 5.97 Å². The number of aliphatic hydroxyl groups excluding tert-OH is 2. The zero-order chi connectivity index (χ0) is 43.7. The van der Waals surface area contributed by atoms with Crippen LogP contribution in [0.5, 0.6) is 0 Å². The highest BCUT2D eigenvalue weighted by atomic mass is 16.5. The summed E-state index contributed by atoms with van der Waals surface area (Å²) >= 11 is 0. The van der Waals surface area contributed by atoms with E-state index in [0.717, 1.165) is 77.0 Å². The Morgan fingerprint density at radius 1 is 0.467 bits per heavy atom. The molecule has 0 aliphatic heterocycles. The van der Waals surface area contributed by atoms with Crippen LogP contribution in [0.2, 0.25) is 0 Å². The fourth-order valence-corrected chi connectivity index (χ4v) is 7.85. The highest BCUT2D eigenvalue weighted by Crippen LogP contribution is 2.16.